The Morgan fingerprint density at radius 1 is 1.36 bits per heavy atom. The van der Waals surface area contributed by atoms with Crippen molar-refractivity contribution in [1.29, 1.82) is 0 Å². The standard InChI is InChI=1S/C8H8N2OS2.K/c11-7(9-10-8(12)13)6-4-2-1-3-5-6;/h1-5H,(H,9,11)(H2,10,12,13);/q;+1/p-1. The van der Waals surface area contributed by atoms with Crippen LogP contribution in [0.5, 0.6) is 0 Å². The molecular weight excluding hydrogens is 243 g/mol. The van der Waals surface area contributed by atoms with E-state index in [1.807, 2.05) is 6.07 Å². The Bertz CT molecular complexity index is 329. The molecule has 0 saturated heterocycles. The molecule has 0 aliphatic carbocycles. The smallest absolute Gasteiger partial charge is 0.857 e. The van der Waals surface area contributed by atoms with E-state index in [-0.39, 0.29) is 61.6 Å². The van der Waals surface area contributed by atoms with Crippen molar-refractivity contribution in [3.63, 3.8) is 0 Å². The van der Waals surface area contributed by atoms with Crippen molar-refractivity contribution in [3.05, 3.63) is 35.9 Å². The van der Waals surface area contributed by atoms with Gasteiger partial charge in [0.05, 0.1) is 0 Å². The van der Waals surface area contributed by atoms with E-state index in [0.717, 1.165) is 0 Å². The van der Waals surface area contributed by atoms with Gasteiger partial charge in [0.15, 0.2) is 4.32 Å². The van der Waals surface area contributed by atoms with Crippen molar-refractivity contribution >= 4 is 35.1 Å². The van der Waals surface area contributed by atoms with Gasteiger partial charge in [-0.15, -0.1) is 12.6 Å². The maximum Gasteiger partial charge on any atom is 1.00 e. The van der Waals surface area contributed by atoms with Gasteiger partial charge in [0, 0.05) is 5.90 Å². The summed E-state index contributed by atoms with van der Waals surface area (Å²) in [7, 11) is 0. The molecule has 0 unspecified atom stereocenters. The molecule has 1 aromatic carbocycles. The molecule has 14 heavy (non-hydrogen) atoms. The van der Waals surface area contributed by atoms with Gasteiger partial charge in [-0.1, -0.05) is 42.5 Å². The Labute approximate surface area is 136 Å². The van der Waals surface area contributed by atoms with E-state index in [1.165, 1.54) is 0 Å². The summed E-state index contributed by atoms with van der Waals surface area (Å²) >= 11 is 8.33. The van der Waals surface area contributed by atoms with Crippen molar-refractivity contribution in [2.45, 2.75) is 0 Å². The molecule has 0 amide bonds. The SMILES string of the molecule is [K+].[O-]C(=NNC(=S)S)c1ccccc1. The van der Waals surface area contributed by atoms with Gasteiger partial charge in [0.2, 0.25) is 0 Å². The number of nitrogens with one attached hydrogen (secondary N) is 1. The number of benzene rings is 1. The van der Waals surface area contributed by atoms with Crippen LogP contribution in [0, 0.1) is 0 Å². The molecule has 0 aromatic heterocycles. The minimum Gasteiger partial charge on any atom is -0.857 e. The fourth-order valence-electron chi connectivity index (χ4n) is 0.744. The van der Waals surface area contributed by atoms with E-state index in [4.69, 9.17) is 0 Å². The predicted octanol–water partition coefficient (Wildman–Crippen LogP) is -2.48. The zero-order valence-electron chi connectivity index (χ0n) is 7.60. The van der Waals surface area contributed by atoms with Crippen molar-refractivity contribution in [3.8, 4) is 0 Å². The van der Waals surface area contributed by atoms with Gasteiger partial charge in [-0.25, -0.2) is 0 Å². The normalized spacial score (nSPS) is 10.2. The van der Waals surface area contributed by atoms with Gasteiger partial charge in [0.1, 0.15) is 0 Å². The monoisotopic (exact) mass is 250 g/mol. The van der Waals surface area contributed by atoms with Crippen molar-refractivity contribution in [2.24, 2.45) is 5.10 Å². The van der Waals surface area contributed by atoms with Crippen molar-refractivity contribution < 1.29 is 56.5 Å². The first-order valence-corrected chi connectivity index (χ1v) is 4.35. The van der Waals surface area contributed by atoms with Crippen molar-refractivity contribution in [2.75, 3.05) is 0 Å². The maximum absolute atomic E-state index is 11.2. The van der Waals surface area contributed by atoms with Gasteiger partial charge in [0.25, 0.3) is 0 Å². The number of rotatable bonds is 2. The van der Waals surface area contributed by atoms with Gasteiger partial charge in [-0.05, 0) is 5.56 Å². The molecule has 1 rings (SSSR count). The van der Waals surface area contributed by atoms with E-state index >= 15 is 0 Å². The molecule has 0 saturated carbocycles. The Balaban J connectivity index is 0.00000169. The van der Waals surface area contributed by atoms with Crippen LogP contribution in [-0.2, 0) is 0 Å². The first-order chi connectivity index (χ1) is 6.20. The maximum atomic E-state index is 11.2. The van der Waals surface area contributed by atoms with E-state index in [2.05, 4.69) is 35.4 Å². The quantitative estimate of drug-likeness (QED) is 0.153. The van der Waals surface area contributed by atoms with Crippen LogP contribution in [0.25, 0.3) is 0 Å². The first kappa shape index (κ1) is 14.6. The van der Waals surface area contributed by atoms with Crippen LogP contribution in [0.4, 0.5) is 0 Å². The van der Waals surface area contributed by atoms with Crippen LogP contribution < -0.4 is 61.9 Å². The minimum absolute atomic E-state index is 0. The fourth-order valence-corrected chi connectivity index (χ4v) is 0.840. The number of thiol groups is 1. The Morgan fingerprint density at radius 2 is 1.93 bits per heavy atom. The molecule has 0 spiro atoms. The predicted molar refractivity (Wildman–Crippen MR) is 57.7 cm³/mol. The van der Waals surface area contributed by atoms with Gasteiger partial charge in [-0.3, -0.25) is 5.43 Å². The average Bonchev–Trinajstić information content (AvgIpc) is 2.15. The summed E-state index contributed by atoms with van der Waals surface area (Å²) in [5, 5.41) is 14.7. The van der Waals surface area contributed by atoms with Crippen LogP contribution in [0.1, 0.15) is 5.56 Å². The van der Waals surface area contributed by atoms with E-state index in [1.54, 1.807) is 24.3 Å². The topological polar surface area (TPSA) is 47.5 Å². The molecule has 0 radical (unpaired) electrons. The van der Waals surface area contributed by atoms with Crippen LogP contribution in [-0.4, -0.2) is 10.2 Å². The zero-order chi connectivity index (χ0) is 9.68. The van der Waals surface area contributed by atoms with Crippen LogP contribution in [0.15, 0.2) is 35.4 Å². The third-order valence-electron chi connectivity index (χ3n) is 1.27. The molecule has 0 atom stereocenters. The minimum atomic E-state index is -0.364. The van der Waals surface area contributed by atoms with Crippen LogP contribution in [0.3, 0.4) is 0 Å². The second-order valence-corrected chi connectivity index (χ2v) is 3.36. The second-order valence-electron chi connectivity index (χ2n) is 2.20. The molecule has 0 heterocycles. The summed E-state index contributed by atoms with van der Waals surface area (Å²) in [5.41, 5.74) is 2.83. The Morgan fingerprint density at radius 3 is 2.43 bits per heavy atom. The number of thiocarbonyl (C=S) groups is 1. The van der Waals surface area contributed by atoms with E-state index < -0.39 is 0 Å². The molecule has 68 valence electrons. The summed E-state index contributed by atoms with van der Waals surface area (Å²) in [6.07, 6.45) is 0. The van der Waals surface area contributed by atoms with Crippen molar-refractivity contribution in [1.82, 2.24) is 5.43 Å². The summed E-state index contributed by atoms with van der Waals surface area (Å²) in [6, 6.07) is 8.71. The summed E-state index contributed by atoms with van der Waals surface area (Å²) in [5.74, 6) is -0.364. The average molecular weight is 250 g/mol. The molecule has 0 bridgehead atoms. The van der Waals surface area contributed by atoms with Crippen LogP contribution >= 0.6 is 24.8 Å². The number of hydrogen-bond donors (Lipinski definition) is 2. The summed E-state index contributed by atoms with van der Waals surface area (Å²) in [4.78, 5) is 0. The van der Waals surface area contributed by atoms with Gasteiger partial charge < -0.3 is 5.11 Å². The molecule has 0 aliphatic rings. The number of nitrogens with zero attached hydrogens (tertiary/aromatic N) is 1. The Hall–Kier alpha value is 0.566. The molecule has 6 heteroatoms. The molecule has 1 aromatic rings. The number of hydrazone groups is 1. The number of hydrogen-bond acceptors (Lipinski definition) is 3. The third kappa shape index (κ3) is 5.45. The summed E-state index contributed by atoms with van der Waals surface area (Å²) in [6.45, 7) is 0. The van der Waals surface area contributed by atoms with Gasteiger partial charge >= 0.3 is 51.4 Å². The fraction of sp³-hybridized carbons (Fsp3) is 0. The molecular formula is C8H7KN2OS2. The molecule has 0 aliphatic heterocycles. The summed E-state index contributed by atoms with van der Waals surface area (Å²) < 4.78 is 0.171. The molecule has 1 N–H and O–H groups in total. The first-order valence-electron chi connectivity index (χ1n) is 3.49. The zero-order valence-corrected chi connectivity index (χ0v) is 12.4. The molecule has 0 fully saturated rings. The Kier molecular flexibility index (Phi) is 8.12. The van der Waals surface area contributed by atoms with E-state index in [0.29, 0.717) is 5.56 Å². The largest absolute Gasteiger partial charge is 1.00 e. The third-order valence-corrected chi connectivity index (χ3v) is 1.47. The molecule has 3 nitrogen and oxygen atoms in total. The second kappa shape index (κ2) is 7.81. The van der Waals surface area contributed by atoms with E-state index in [9.17, 15) is 5.11 Å². The van der Waals surface area contributed by atoms with Gasteiger partial charge in [-0.2, -0.15) is 5.10 Å². The van der Waals surface area contributed by atoms with Crippen LogP contribution in [0.2, 0.25) is 0 Å².